The summed E-state index contributed by atoms with van der Waals surface area (Å²) < 4.78 is 30.3. The fourth-order valence-corrected chi connectivity index (χ4v) is 10.1. The number of nitrogens with one attached hydrogen (secondary N) is 1. The summed E-state index contributed by atoms with van der Waals surface area (Å²) in [5, 5.41) is 2.98. The number of carbonyl (C=O) groups is 2. The molecule has 0 radical (unpaired) electrons. The van der Waals surface area contributed by atoms with Crippen molar-refractivity contribution < 1.29 is 37.3 Å². The van der Waals surface area contributed by atoms with E-state index in [1.54, 1.807) is 0 Å². The number of likely N-dealkylation sites (N-methyl/N-ethyl adjacent to an activating group) is 1. The first-order chi connectivity index (χ1) is 37.9. The summed E-state index contributed by atoms with van der Waals surface area (Å²) in [6, 6.07) is -0.929. The van der Waals surface area contributed by atoms with Gasteiger partial charge in [0.1, 0.15) is 19.3 Å². The number of hydrogen-bond donors (Lipinski definition) is 1. The minimum atomic E-state index is -4.72. The third kappa shape index (κ3) is 58.1. The van der Waals surface area contributed by atoms with Crippen molar-refractivity contribution in [1.29, 1.82) is 0 Å². The van der Waals surface area contributed by atoms with Crippen LogP contribution in [0.15, 0.2) is 72.9 Å². The number of amides is 1. The first-order valence-electron chi connectivity index (χ1n) is 32.7. The highest BCUT2D eigenvalue weighted by molar-refractivity contribution is 7.45. The molecular formula is C68H125N2O7P. The fraction of sp³-hybridized carbons (Fsp3) is 0.794. The monoisotopic (exact) mass is 1110 g/mol. The lowest BCUT2D eigenvalue weighted by atomic mass is 10.0. The van der Waals surface area contributed by atoms with Gasteiger partial charge >= 0.3 is 5.97 Å². The minimum absolute atomic E-state index is 0.0363. The number of hydrogen-bond acceptors (Lipinski definition) is 7. The SMILES string of the molecule is CC/C=C/C/C=C/C/C=C/C/C=C/C/C=C/CCC(=O)NC(COP(=O)([O-])OCC[N+](C)(C)C)C(/C=C\CCCCCCCCCCCCC)OC(=O)CCCCCCCCCCCCCCCCCCCCCCCCC. The first-order valence-corrected chi connectivity index (χ1v) is 34.2. The predicted molar refractivity (Wildman–Crippen MR) is 335 cm³/mol. The Morgan fingerprint density at radius 3 is 1.23 bits per heavy atom. The molecule has 454 valence electrons. The Morgan fingerprint density at radius 2 is 0.833 bits per heavy atom. The van der Waals surface area contributed by atoms with Gasteiger partial charge in [0.05, 0.1) is 33.8 Å². The van der Waals surface area contributed by atoms with E-state index in [9.17, 15) is 19.0 Å². The molecule has 10 heteroatoms. The number of esters is 1. The molecule has 78 heavy (non-hydrogen) atoms. The molecule has 0 aromatic rings. The van der Waals surface area contributed by atoms with E-state index in [1.165, 1.54) is 186 Å². The number of phosphoric ester groups is 1. The summed E-state index contributed by atoms with van der Waals surface area (Å²) >= 11 is 0. The Labute approximate surface area is 483 Å². The molecule has 0 spiro atoms. The Bertz CT molecular complexity index is 1570. The van der Waals surface area contributed by atoms with Gasteiger partial charge in [0.25, 0.3) is 7.82 Å². The molecule has 9 nitrogen and oxygen atoms in total. The van der Waals surface area contributed by atoms with Gasteiger partial charge < -0.3 is 28.5 Å². The smallest absolute Gasteiger partial charge is 0.306 e. The zero-order chi connectivity index (χ0) is 57.2. The number of ether oxygens (including phenoxy) is 1. The third-order valence-corrected chi connectivity index (χ3v) is 15.4. The maximum atomic E-state index is 13.5. The van der Waals surface area contributed by atoms with Gasteiger partial charge in [-0.2, -0.15) is 0 Å². The number of allylic oxidation sites excluding steroid dienone is 11. The summed E-state index contributed by atoms with van der Waals surface area (Å²) in [4.78, 5) is 40.0. The Balaban J connectivity index is 5.23. The summed E-state index contributed by atoms with van der Waals surface area (Å²) in [6.07, 6.45) is 74.7. The van der Waals surface area contributed by atoms with Crippen LogP contribution in [0.3, 0.4) is 0 Å². The molecule has 0 rings (SSSR count). The van der Waals surface area contributed by atoms with Crippen molar-refractivity contribution in [2.45, 2.75) is 309 Å². The number of rotatable bonds is 59. The Kier molecular flexibility index (Phi) is 55.8. The van der Waals surface area contributed by atoms with Gasteiger partial charge in [-0.1, -0.05) is 293 Å². The van der Waals surface area contributed by atoms with E-state index < -0.39 is 26.6 Å². The van der Waals surface area contributed by atoms with Crippen LogP contribution in [-0.2, 0) is 27.9 Å². The number of quaternary nitrogens is 1. The Hall–Kier alpha value is -2.55. The number of carbonyl (C=O) groups excluding carboxylic acids is 2. The molecule has 0 aliphatic rings. The molecule has 0 aromatic heterocycles. The van der Waals surface area contributed by atoms with Crippen LogP contribution in [0.5, 0.6) is 0 Å². The van der Waals surface area contributed by atoms with Crippen LogP contribution in [0.25, 0.3) is 0 Å². The topological polar surface area (TPSA) is 114 Å². The van der Waals surface area contributed by atoms with Crippen LogP contribution >= 0.6 is 7.82 Å². The van der Waals surface area contributed by atoms with Crippen molar-refractivity contribution in [1.82, 2.24) is 5.32 Å². The summed E-state index contributed by atoms with van der Waals surface area (Å²) in [7, 11) is 1.14. The van der Waals surface area contributed by atoms with Gasteiger partial charge in [0.15, 0.2) is 0 Å². The Morgan fingerprint density at radius 1 is 0.462 bits per heavy atom. The van der Waals surface area contributed by atoms with E-state index in [4.69, 9.17) is 13.8 Å². The average Bonchev–Trinajstić information content (AvgIpc) is 3.40. The second-order valence-electron chi connectivity index (χ2n) is 23.2. The molecule has 0 bridgehead atoms. The van der Waals surface area contributed by atoms with E-state index in [0.717, 1.165) is 70.6 Å². The average molecular weight is 1110 g/mol. The minimum Gasteiger partial charge on any atom is -0.756 e. The molecule has 1 amide bonds. The highest BCUT2D eigenvalue weighted by Crippen LogP contribution is 2.38. The van der Waals surface area contributed by atoms with Crippen molar-refractivity contribution in [3.63, 3.8) is 0 Å². The molecule has 0 fully saturated rings. The van der Waals surface area contributed by atoms with Crippen LogP contribution in [0.1, 0.15) is 297 Å². The van der Waals surface area contributed by atoms with E-state index in [1.807, 2.05) is 45.4 Å². The molecule has 0 aliphatic heterocycles. The van der Waals surface area contributed by atoms with Crippen molar-refractivity contribution in [2.24, 2.45) is 0 Å². The van der Waals surface area contributed by atoms with Crippen LogP contribution in [0.4, 0.5) is 0 Å². The molecule has 0 aliphatic carbocycles. The third-order valence-electron chi connectivity index (χ3n) is 14.4. The van der Waals surface area contributed by atoms with Gasteiger partial charge in [0, 0.05) is 12.8 Å². The van der Waals surface area contributed by atoms with Crippen LogP contribution in [0, 0.1) is 0 Å². The van der Waals surface area contributed by atoms with Crippen LogP contribution < -0.4 is 10.2 Å². The second-order valence-corrected chi connectivity index (χ2v) is 24.7. The van der Waals surface area contributed by atoms with Crippen molar-refractivity contribution in [3.05, 3.63) is 72.9 Å². The van der Waals surface area contributed by atoms with E-state index in [0.29, 0.717) is 17.4 Å². The summed E-state index contributed by atoms with van der Waals surface area (Å²) in [5.74, 6) is -0.629. The highest BCUT2D eigenvalue weighted by Gasteiger charge is 2.27. The molecule has 3 atom stereocenters. The quantitative estimate of drug-likeness (QED) is 0.0212. The van der Waals surface area contributed by atoms with Crippen LogP contribution in [-0.4, -0.2) is 69.4 Å². The molecule has 0 saturated heterocycles. The lowest BCUT2D eigenvalue weighted by Crippen LogP contribution is -2.47. The number of unbranched alkanes of at least 4 members (excludes halogenated alkanes) is 33. The summed E-state index contributed by atoms with van der Waals surface area (Å²) in [5.41, 5.74) is 0. The molecule has 3 unspecified atom stereocenters. The first kappa shape index (κ1) is 75.5. The molecule has 0 heterocycles. The van der Waals surface area contributed by atoms with E-state index in [-0.39, 0.29) is 31.3 Å². The van der Waals surface area contributed by atoms with E-state index >= 15 is 0 Å². The highest BCUT2D eigenvalue weighted by atomic mass is 31.2. The van der Waals surface area contributed by atoms with Crippen molar-refractivity contribution >= 4 is 19.7 Å². The zero-order valence-electron chi connectivity index (χ0n) is 51.9. The van der Waals surface area contributed by atoms with Crippen molar-refractivity contribution in [2.75, 3.05) is 40.9 Å². The largest absolute Gasteiger partial charge is 0.756 e. The van der Waals surface area contributed by atoms with Gasteiger partial charge in [-0.3, -0.25) is 14.2 Å². The van der Waals surface area contributed by atoms with Gasteiger partial charge in [-0.15, -0.1) is 0 Å². The lowest BCUT2D eigenvalue weighted by Gasteiger charge is -2.30. The number of phosphoric acid groups is 1. The molecule has 0 aromatic carbocycles. The van der Waals surface area contributed by atoms with Gasteiger partial charge in [-0.05, 0) is 63.9 Å². The maximum Gasteiger partial charge on any atom is 0.306 e. The maximum absolute atomic E-state index is 13.5. The zero-order valence-corrected chi connectivity index (χ0v) is 52.8. The van der Waals surface area contributed by atoms with E-state index in [2.05, 4.69) is 74.7 Å². The van der Waals surface area contributed by atoms with Gasteiger partial charge in [-0.25, -0.2) is 0 Å². The molecule has 1 N–H and O–H groups in total. The normalized spacial score (nSPS) is 14.1. The number of nitrogens with zero attached hydrogens (tertiary/aromatic N) is 1. The van der Waals surface area contributed by atoms with Gasteiger partial charge in [0.2, 0.25) is 5.91 Å². The second kappa shape index (κ2) is 57.7. The lowest BCUT2D eigenvalue weighted by molar-refractivity contribution is -0.870. The predicted octanol–water partition coefficient (Wildman–Crippen LogP) is 19.8. The summed E-state index contributed by atoms with van der Waals surface area (Å²) in [6.45, 7) is 6.70. The van der Waals surface area contributed by atoms with Crippen molar-refractivity contribution in [3.8, 4) is 0 Å². The fourth-order valence-electron chi connectivity index (χ4n) is 9.39. The molecular weight excluding hydrogens is 988 g/mol. The molecule has 0 saturated carbocycles. The van der Waals surface area contributed by atoms with Crippen LogP contribution in [0.2, 0.25) is 0 Å². The standard InChI is InChI=1S/C68H125N2O7P/c1-7-10-13-16-19-22-25-28-30-32-33-34-35-36-37-38-40-43-46-49-52-55-58-61-68(72)77-66(59-56-53-50-47-44-41-27-24-21-18-15-12-9-3)65(64-76-78(73,74)75-63-62-70(4,5)6)69-67(71)60-57-54-51-48-45-42-39-31-29-26-23-20-17-14-11-8-2/h11,14,20,23,29,31,42,45,51,54,56,59,65-66H,7-10,12-13,15-19,21-22,24-28,30,32-41,43-44,46-50,52-53,55,57-58,60-64H2,1-6H3,(H-,69,71,73,74)/b14-11+,23-20+,31-29+,45-42+,54-51+,59-56-.